The monoisotopic (exact) mass is 175 g/mol. The summed E-state index contributed by atoms with van der Waals surface area (Å²) in [6, 6.07) is 9.41. The summed E-state index contributed by atoms with van der Waals surface area (Å²) in [4.78, 5) is 3.80. The number of guanidine groups is 1. The van der Waals surface area contributed by atoms with E-state index in [0.717, 1.165) is 11.0 Å². The lowest BCUT2D eigenvalue weighted by Gasteiger charge is -1.86. The molecule has 2 aromatic rings. The van der Waals surface area contributed by atoms with E-state index in [0.29, 0.717) is 5.88 Å². The van der Waals surface area contributed by atoms with Gasteiger partial charge in [-0.1, -0.05) is 18.2 Å². The molecule has 0 atom stereocenters. The van der Waals surface area contributed by atoms with E-state index in [1.807, 2.05) is 24.3 Å². The lowest BCUT2D eigenvalue weighted by atomic mass is 10.3. The van der Waals surface area contributed by atoms with E-state index in [1.165, 1.54) is 0 Å². The van der Waals surface area contributed by atoms with E-state index >= 15 is 0 Å². The molecule has 0 bridgehead atoms. The number of fused-ring (bicyclic) bond motifs is 1. The van der Waals surface area contributed by atoms with Gasteiger partial charge in [0, 0.05) is 11.5 Å². The number of para-hydroxylation sites is 1. The molecule has 4 N–H and O–H groups in total. The van der Waals surface area contributed by atoms with Gasteiger partial charge < -0.3 is 15.9 Å². The molecule has 0 aliphatic carbocycles. The van der Waals surface area contributed by atoms with Crippen LogP contribution in [0.1, 0.15) is 0 Å². The van der Waals surface area contributed by atoms with Crippen LogP contribution in [0.25, 0.3) is 11.0 Å². The minimum absolute atomic E-state index is 0.000874. The third-order valence-electron chi connectivity index (χ3n) is 1.65. The molecule has 0 amide bonds. The Bertz CT molecular complexity index is 422. The van der Waals surface area contributed by atoms with E-state index in [-0.39, 0.29) is 5.96 Å². The highest BCUT2D eigenvalue weighted by Gasteiger charge is 2.00. The Morgan fingerprint density at radius 3 is 2.69 bits per heavy atom. The zero-order chi connectivity index (χ0) is 9.26. The first-order valence-electron chi connectivity index (χ1n) is 3.84. The van der Waals surface area contributed by atoms with Gasteiger partial charge in [-0.05, 0) is 6.07 Å². The molecule has 0 saturated carbocycles. The van der Waals surface area contributed by atoms with Crippen LogP contribution in [0.4, 0.5) is 5.88 Å². The van der Waals surface area contributed by atoms with E-state index in [4.69, 9.17) is 15.9 Å². The van der Waals surface area contributed by atoms with Crippen molar-refractivity contribution in [1.82, 2.24) is 0 Å². The van der Waals surface area contributed by atoms with Crippen molar-refractivity contribution < 1.29 is 4.42 Å². The second-order valence-electron chi connectivity index (χ2n) is 2.66. The summed E-state index contributed by atoms with van der Waals surface area (Å²) in [5.41, 5.74) is 11.2. The standard InChI is InChI=1S/C9H9N3O/c10-9(11)12-8-5-6-3-1-2-4-7(6)13-8/h1-5H,(H4,10,11,12). The highest BCUT2D eigenvalue weighted by molar-refractivity contribution is 5.83. The smallest absolute Gasteiger partial charge is 0.223 e. The first-order valence-corrected chi connectivity index (χ1v) is 3.84. The summed E-state index contributed by atoms with van der Waals surface area (Å²) in [6.07, 6.45) is 0. The molecule has 0 aliphatic rings. The quantitative estimate of drug-likeness (QED) is 0.507. The zero-order valence-electron chi connectivity index (χ0n) is 6.90. The number of nitrogens with two attached hydrogens (primary N) is 2. The predicted molar refractivity (Wildman–Crippen MR) is 51.7 cm³/mol. The predicted octanol–water partition coefficient (Wildman–Crippen LogP) is 1.34. The molecule has 0 spiro atoms. The number of nitrogens with zero attached hydrogens (tertiary/aromatic N) is 1. The molecule has 4 heteroatoms. The van der Waals surface area contributed by atoms with Gasteiger partial charge in [-0.15, -0.1) is 0 Å². The van der Waals surface area contributed by atoms with Crippen LogP contribution in [-0.4, -0.2) is 5.96 Å². The maximum atomic E-state index is 5.33. The van der Waals surface area contributed by atoms with Crippen LogP contribution < -0.4 is 11.5 Å². The number of rotatable bonds is 1. The molecule has 0 aliphatic heterocycles. The molecule has 66 valence electrons. The summed E-state index contributed by atoms with van der Waals surface area (Å²) in [5, 5.41) is 0.988. The minimum atomic E-state index is -0.000874. The van der Waals surface area contributed by atoms with Gasteiger partial charge in [0.25, 0.3) is 0 Å². The highest BCUT2D eigenvalue weighted by atomic mass is 16.3. The Hall–Kier alpha value is -1.97. The van der Waals surface area contributed by atoms with E-state index in [1.54, 1.807) is 6.07 Å². The maximum Gasteiger partial charge on any atom is 0.223 e. The second-order valence-corrected chi connectivity index (χ2v) is 2.66. The van der Waals surface area contributed by atoms with Crippen LogP contribution >= 0.6 is 0 Å². The molecule has 0 saturated heterocycles. The van der Waals surface area contributed by atoms with Gasteiger partial charge in [-0.25, -0.2) is 0 Å². The molecule has 13 heavy (non-hydrogen) atoms. The summed E-state index contributed by atoms with van der Waals surface area (Å²) in [5.74, 6) is 0.431. The zero-order valence-corrected chi connectivity index (χ0v) is 6.90. The van der Waals surface area contributed by atoms with Gasteiger partial charge in [-0.3, -0.25) is 0 Å². The van der Waals surface area contributed by atoms with Crippen molar-refractivity contribution in [1.29, 1.82) is 0 Å². The Kier molecular flexibility index (Phi) is 1.66. The van der Waals surface area contributed by atoms with Crippen LogP contribution in [0.3, 0.4) is 0 Å². The lowest BCUT2D eigenvalue weighted by Crippen LogP contribution is -2.21. The summed E-state index contributed by atoms with van der Waals surface area (Å²) >= 11 is 0. The van der Waals surface area contributed by atoms with Crippen molar-refractivity contribution in [2.45, 2.75) is 0 Å². The average Bonchev–Trinajstić information content (AvgIpc) is 2.44. The highest BCUT2D eigenvalue weighted by Crippen LogP contribution is 2.24. The molecule has 0 fully saturated rings. The summed E-state index contributed by atoms with van der Waals surface area (Å²) in [6.45, 7) is 0. The first-order chi connectivity index (χ1) is 6.25. The van der Waals surface area contributed by atoms with Crippen molar-refractivity contribution in [2.24, 2.45) is 16.5 Å². The molecule has 0 unspecified atom stereocenters. The lowest BCUT2D eigenvalue weighted by molar-refractivity contribution is 0.625. The van der Waals surface area contributed by atoms with Crippen molar-refractivity contribution >= 4 is 22.8 Å². The molecule has 1 aromatic carbocycles. The number of aliphatic imine (C=N–C) groups is 1. The largest absolute Gasteiger partial charge is 0.438 e. The molecule has 2 rings (SSSR count). The van der Waals surface area contributed by atoms with E-state index in [9.17, 15) is 0 Å². The molecule has 1 heterocycles. The van der Waals surface area contributed by atoms with Gasteiger partial charge in [0.05, 0.1) is 0 Å². The minimum Gasteiger partial charge on any atom is -0.438 e. The molecule has 1 aromatic heterocycles. The summed E-state index contributed by atoms with van der Waals surface area (Å²) < 4.78 is 5.33. The van der Waals surface area contributed by atoms with Crippen LogP contribution in [0.15, 0.2) is 39.7 Å². The van der Waals surface area contributed by atoms with Gasteiger partial charge >= 0.3 is 0 Å². The van der Waals surface area contributed by atoms with Gasteiger partial charge in [0.2, 0.25) is 5.88 Å². The van der Waals surface area contributed by atoms with Crippen molar-refractivity contribution in [3.05, 3.63) is 30.3 Å². The molecular formula is C9H9N3O. The third-order valence-corrected chi connectivity index (χ3v) is 1.65. The fourth-order valence-electron chi connectivity index (χ4n) is 1.15. The Morgan fingerprint density at radius 1 is 1.23 bits per heavy atom. The molecule has 4 nitrogen and oxygen atoms in total. The maximum absolute atomic E-state index is 5.33. The van der Waals surface area contributed by atoms with Crippen LogP contribution in [0, 0.1) is 0 Å². The van der Waals surface area contributed by atoms with Gasteiger partial charge in [0.1, 0.15) is 5.58 Å². The number of benzene rings is 1. The normalized spacial score (nSPS) is 10.2. The SMILES string of the molecule is NC(N)=Nc1cc2ccccc2o1. The van der Waals surface area contributed by atoms with Crippen LogP contribution in [-0.2, 0) is 0 Å². The van der Waals surface area contributed by atoms with Gasteiger partial charge in [0.15, 0.2) is 5.96 Å². The third kappa shape index (κ3) is 1.46. The van der Waals surface area contributed by atoms with Crippen molar-refractivity contribution in [3.63, 3.8) is 0 Å². The number of furan rings is 1. The Balaban J connectivity index is 2.56. The number of hydrogen-bond donors (Lipinski definition) is 2. The topological polar surface area (TPSA) is 77.5 Å². The molecule has 0 radical (unpaired) electrons. The Labute approximate surface area is 74.8 Å². The van der Waals surface area contributed by atoms with Crippen LogP contribution in [0.2, 0.25) is 0 Å². The second kappa shape index (κ2) is 2.82. The van der Waals surface area contributed by atoms with E-state index < -0.39 is 0 Å². The van der Waals surface area contributed by atoms with E-state index in [2.05, 4.69) is 4.99 Å². The molecular weight excluding hydrogens is 166 g/mol. The fraction of sp³-hybridized carbons (Fsp3) is 0. The average molecular weight is 175 g/mol. The van der Waals surface area contributed by atoms with Crippen molar-refractivity contribution in [3.8, 4) is 0 Å². The first kappa shape index (κ1) is 7.67. The summed E-state index contributed by atoms with van der Waals surface area (Å²) in [7, 11) is 0. The van der Waals surface area contributed by atoms with Gasteiger partial charge in [-0.2, -0.15) is 4.99 Å². The Morgan fingerprint density at radius 2 is 2.00 bits per heavy atom. The number of hydrogen-bond acceptors (Lipinski definition) is 2. The van der Waals surface area contributed by atoms with Crippen molar-refractivity contribution in [2.75, 3.05) is 0 Å². The van der Waals surface area contributed by atoms with Crippen LogP contribution in [0.5, 0.6) is 0 Å². The fourth-order valence-corrected chi connectivity index (χ4v) is 1.15.